The minimum Gasteiger partial charge on any atom is -0.462 e. The number of halogens is 1. The lowest BCUT2D eigenvalue weighted by atomic mass is 10.2. The van der Waals surface area contributed by atoms with Crippen molar-refractivity contribution in [2.45, 2.75) is 6.92 Å². The van der Waals surface area contributed by atoms with Gasteiger partial charge in [-0.25, -0.2) is 0 Å². The predicted octanol–water partition coefficient (Wildman–Crippen LogP) is 2.92. The van der Waals surface area contributed by atoms with Gasteiger partial charge in [-0.15, -0.1) is 0 Å². The molecule has 0 amide bonds. The molecule has 0 aliphatic heterocycles. The molecule has 74 valence electrons. The van der Waals surface area contributed by atoms with Gasteiger partial charge >= 0.3 is 5.97 Å². The highest BCUT2D eigenvalue weighted by molar-refractivity contribution is 6.30. The zero-order valence-electron chi connectivity index (χ0n) is 7.87. The molecule has 3 heteroatoms. The van der Waals surface area contributed by atoms with Crippen molar-refractivity contribution in [2.24, 2.45) is 0 Å². The Bertz CT molecular complexity index is 328. The van der Waals surface area contributed by atoms with Crippen LogP contribution in [0.4, 0.5) is 0 Å². The van der Waals surface area contributed by atoms with E-state index in [4.69, 9.17) is 16.3 Å². The molecule has 0 fully saturated rings. The first-order valence-electron chi connectivity index (χ1n) is 4.24. The maximum absolute atomic E-state index is 10.4. The summed E-state index contributed by atoms with van der Waals surface area (Å²) in [5, 5.41) is 0.710. The zero-order valence-corrected chi connectivity index (χ0v) is 8.62. The summed E-state index contributed by atoms with van der Waals surface area (Å²) in [6.07, 6.45) is 3.66. The van der Waals surface area contributed by atoms with Crippen LogP contribution in [0.3, 0.4) is 0 Å². The molecule has 2 nitrogen and oxygen atoms in total. The number of carbonyl (C=O) groups is 1. The first-order chi connectivity index (χ1) is 6.68. The van der Waals surface area contributed by atoms with E-state index in [1.165, 1.54) is 6.92 Å². The number of rotatable bonds is 3. The van der Waals surface area contributed by atoms with E-state index in [-0.39, 0.29) is 5.97 Å². The maximum atomic E-state index is 10.4. The molecular weight excluding hydrogens is 200 g/mol. The summed E-state index contributed by atoms with van der Waals surface area (Å²) < 4.78 is 4.74. The van der Waals surface area contributed by atoms with Crippen molar-refractivity contribution < 1.29 is 9.53 Å². The number of hydrogen-bond donors (Lipinski definition) is 0. The number of ether oxygens (including phenoxy) is 1. The highest BCUT2D eigenvalue weighted by atomic mass is 35.5. The molecule has 1 aromatic carbocycles. The van der Waals surface area contributed by atoms with Gasteiger partial charge in [0.2, 0.25) is 0 Å². The van der Waals surface area contributed by atoms with Crippen LogP contribution in [0.1, 0.15) is 12.5 Å². The Kier molecular flexibility index (Phi) is 4.20. The third kappa shape index (κ3) is 4.10. The van der Waals surface area contributed by atoms with Gasteiger partial charge in [0, 0.05) is 11.9 Å². The molecule has 0 N–H and O–H groups in total. The van der Waals surface area contributed by atoms with E-state index in [1.54, 1.807) is 6.08 Å². The first kappa shape index (κ1) is 10.8. The second-order valence-corrected chi connectivity index (χ2v) is 3.19. The number of benzene rings is 1. The van der Waals surface area contributed by atoms with Crippen molar-refractivity contribution in [1.82, 2.24) is 0 Å². The second kappa shape index (κ2) is 5.45. The van der Waals surface area contributed by atoms with Crippen LogP contribution < -0.4 is 0 Å². The molecular formula is C11H11ClO2. The Morgan fingerprint density at radius 2 is 2.07 bits per heavy atom. The molecule has 0 radical (unpaired) electrons. The third-order valence-electron chi connectivity index (χ3n) is 1.56. The van der Waals surface area contributed by atoms with Crippen molar-refractivity contribution >= 4 is 23.6 Å². The molecule has 0 saturated carbocycles. The third-order valence-corrected chi connectivity index (χ3v) is 1.82. The van der Waals surface area contributed by atoms with Gasteiger partial charge in [-0.2, -0.15) is 0 Å². The van der Waals surface area contributed by atoms with Crippen molar-refractivity contribution in [1.29, 1.82) is 0 Å². The maximum Gasteiger partial charge on any atom is 0.302 e. The fourth-order valence-electron chi connectivity index (χ4n) is 0.924. The quantitative estimate of drug-likeness (QED) is 0.718. The Morgan fingerprint density at radius 3 is 2.64 bits per heavy atom. The summed E-state index contributed by atoms with van der Waals surface area (Å²) in [7, 11) is 0. The normalized spacial score (nSPS) is 10.4. The van der Waals surface area contributed by atoms with Crippen molar-refractivity contribution in [3.8, 4) is 0 Å². The number of hydrogen-bond acceptors (Lipinski definition) is 2. The van der Waals surface area contributed by atoms with Gasteiger partial charge in [0.1, 0.15) is 6.61 Å². The summed E-state index contributed by atoms with van der Waals surface area (Å²) in [5.74, 6) is -0.272. The summed E-state index contributed by atoms with van der Waals surface area (Å²) in [5.41, 5.74) is 1.03. The lowest BCUT2D eigenvalue weighted by molar-refractivity contribution is -0.139. The van der Waals surface area contributed by atoms with E-state index < -0.39 is 0 Å². The van der Waals surface area contributed by atoms with Crippen LogP contribution in [-0.2, 0) is 9.53 Å². The highest BCUT2D eigenvalue weighted by Gasteiger charge is 1.89. The topological polar surface area (TPSA) is 26.3 Å². The largest absolute Gasteiger partial charge is 0.462 e. The molecule has 0 aromatic heterocycles. The average Bonchev–Trinajstić information content (AvgIpc) is 2.15. The molecule has 0 atom stereocenters. The SMILES string of the molecule is CC(=O)OC/C=C/c1ccc(Cl)cc1. The zero-order chi connectivity index (χ0) is 10.4. The Hall–Kier alpha value is -1.28. The van der Waals surface area contributed by atoms with Gasteiger partial charge in [0.05, 0.1) is 0 Å². The van der Waals surface area contributed by atoms with Gasteiger partial charge in [0.25, 0.3) is 0 Å². The van der Waals surface area contributed by atoms with E-state index >= 15 is 0 Å². The van der Waals surface area contributed by atoms with Gasteiger partial charge in [-0.05, 0) is 23.8 Å². The number of carbonyl (C=O) groups excluding carboxylic acids is 1. The highest BCUT2D eigenvalue weighted by Crippen LogP contribution is 2.10. The smallest absolute Gasteiger partial charge is 0.302 e. The van der Waals surface area contributed by atoms with Crippen molar-refractivity contribution in [2.75, 3.05) is 6.61 Å². The molecule has 0 aliphatic rings. The molecule has 0 spiro atoms. The van der Waals surface area contributed by atoms with Crippen LogP contribution in [0.5, 0.6) is 0 Å². The van der Waals surface area contributed by atoms with Crippen LogP contribution in [0.25, 0.3) is 6.08 Å². The summed E-state index contributed by atoms with van der Waals surface area (Å²) in [6, 6.07) is 7.42. The van der Waals surface area contributed by atoms with E-state index in [9.17, 15) is 4.79 Å². The molecule has 0 aliphatic carbocycles. The average molecular weight is 211 g/mol. The minimum absolute atomic E-state index is 0.272. The fraction of sp³-hybridized carbons (Fsp3) is 0.182. The minimum atomic E-state index is -0.272. The Balaban J connectivity index is 2.44. The molecule has 0 unspecified atom stereocenters. The van der Waals surface area contributed by atoms with Crippen LogP contribution in [0, 0.1) is 0 Å². The van der Waals surface area contributed by atoms with Gasteiger partial charge in [-0.3, -0.25) is 4.79 Å². The first-order valence-corrected chi connectivity index (χ1v) is 4.62. The Morgan fingerprint density at radius 1 is 1.43 bits per heavy atom. The van der Waals surface area contributed by atoms with Crippen molar-refractivity contribution in [3.05, 3.63) is 40.9 Å². The van der Waals surface area contributed by atoms with E-state index in [2.05, 4.69) is 0 Å². The molecule has 1 rings (SSSR count). The van der Waals surface area contributed by atoms with Crippen LogP contribution in [-0.4, -0.2) is 12.6 Å². The lowest BCUT2D eigenvalue weighted by Crippen LogP contribution is -1.97. The molecule has 0 heterocycles. The molecule has 0 bridgehead atoms. The standard InChI is InChI=1S/C11H11ClO2/c1-9(13)14-8-2-3-10-4-6-11(12)7-5-10/h2-7H,8H2,1H3/b3-2+. The predicted molar refractivity (Wildman–Crippen MR) is 57.1 cm³/mol. The summed E-state index contributed by atoms with van der Waals surface area (Å²) in [4.78, 5) is 10.4. The molecule has 1 aromatic rings. The Labute approximate surface area is 88.1 Å². The molecule has 0 saturated heterocycles. The molecule has 14 heavy (non-hydrogen) atoms. The van der Waals surface area contributed by atoms with E-state index in [0.717, 1.165) is 5.56 Å². The lowest BCUT2D eigenvalue weighted by Gasteiger charge is -1.95. The van der Waals surface area contributed by atoms with Gasteiger partial charge < -0.3 is 4.74 Å². The van der Waals surface area contributed by atoms with Crippen molar-refractivity contribution in [3.63, 3.8) is 0 Å². The summed E-state index contributed by atoms with van der Waals surface area (Å²) in [6.45, 7) is 1.69. The van der Waals surface area contributed by atoms with Gasteiger partial charge in [-0.1, -0.05) is 29.8 Å². The number of esters is 1. The monoisotopic (exact) mass is 210 g/mol. The summed E-state index contributed by atoms with van der Waals surface area (Å²) >= 11 is 5.72. The van der Waals surface area contributed by atoms with Crippen LogP contribution in [0.15, 0.2) is 30.3 Å². The van der Waals surface area contributed by atoms with Crippen LogP contribution in [0.2, 0.25) is 5.02 Å². The van der Waals surface area contributed by atoms with Crippen LogP contribution >= 0.6 is 11.6 Å². The van der Waals surface area contributed by atoms with Gasteiger partial charge in [0.15, 0.2) is 0 Å². The van der Waals surface area contributed by atoms with E-state index in [0.29, 0.717) is 11.6 Å². The fourth-order valence-corrected chi connectivity index (χ4v) is 1.05. The second-order valence-electron chi connectivity index (χ2n) is 2.76. The van der Waals surface area contributed by atoms with E-state index in [1.807, 2.05) is 30.3 Å².